The quantitative estimate of drug-likeness (QED) is 0.759. The molecule has 0 aliphatic heterocycles. The number of nitrogens with zero attached hydrogens (tertiary/aromatic N) is 1. The summed E-state index contributed by atoms with van der Waals surface area (Å²) < 4.78 is 1.10. The molecule has 4 heteroatoms. The van der Waals surface area contributed by atoms with Crippen molar-refractivity contribution in [2.24, 2.45) is 5.92 Å². The summed E-state index contributed by atoms with van der Waals surface area (Å²) in [6, 6.07) is 0. The molecule has 1 unspecified atom stereocenters. The molecule has 0 saturated heterocycles. The summed E-state index contributed by atoms with van der Waals surface area (Å²) in [5.41, 5.74) is 0. The zero-order chi connectivity index (χ0) is 8.97. The lowest BCUT2D eigenvalue weighted by atomic mass is 10.1. The minimum Gasteiger partial charge on any atom is -0.248 e. The van der Waals surface area contributed by atoms with E-state index in [0.29, 0.717) is 5.92 Å². The second kappa shape index (κ2) is 5.20. The number of hydrogen-bond donors (Lipinski definition) is 0. The maximum absolute atomic E-state index is 5.79. The highest BCUT2D eigenvalue weighted by Gasteiger charge is 2.08. The highest BCUT2D eigenvalue weighted by molar-refractivity contribution is 9.11. The van der Waals surface area contributed by atoms with E-state index in [4.69, 9.17) is 11.6 Å². The monoisotopic (exact) mass is 267 g/mol. The van der Waals surface area contributed by atoms with Crippen LogP contribution in [-0.4, -0.2) is 10.9 Å². The third kappa shape index (κ3) is 3.04. The van der Waals surface area contributed by atoms with Crippen molar-refractivity contribution in [3.63, 3.8) is 0 Å². The van der Waals surface area contributed by atoms with Crippen molar-refractivity contribution in [3.8, 4) is 0 Å². The molecule has 0 N–H and O–H groups in total. The molecular weight excluding hydrogens is 258 g/mol. The van der Waals surface area contributed by atoms with Gasteiger partial charge in [0.05, 0.1) is 15.0 Å². The van der Waals surface area contributed by atoms with E-state index in [0.717, 1.165) is 22.5 Å². The van der Waals surface area contributed by atoms with E-state index in [9.17, 15) is 0 Å². The fourth-order valence-electron chi connectivity index (χ4n) is 0.937. The standard InChI is InChI=1S/C8H11BrClNS/c1-2-6(4-10)3-8-11-5-7(9)12-8/h5-6H,2-4H2,1H3. The molecule has 1 aromatic rings. The first kappa shape index (κ1) is 10.5. The average molecular weight is 269 g/mol. The van der Waals surface area contributed by atoms with Crippen LogP contribution in [0.15, 0.2) is 9.98 Å². The number of alkyl halides is 1. The van der Waals surface area contributed by atoms with Crippen molar-refractivity contribution in [1.82, 2.24) is 4.98 Å². The lowest BCUT2D eigenvalue weighted by Gasteiger charge is -2.07. The molecule has 0 aliphatic carbocycles. The Kier molecular flexibility index (Phi) is 4.54. The first-order chi connectivity index (χ1) is 5.76. The maximum atomic E-state index is 5.79. The molecule has 0 amide bonds. The van der Waals surface area contributed by atoms with Crippen molar-refractivity contribution in [1.29, 1.82) is 0 Å². The number of rotatable bonds is 4. The van der Waals surface area contributed by atoms with E-state index in [1.165, 1.54) is 5.01 Å². The van der Waals surface area contributed by atoms with Crippen LogP contribution in [0.3, 0.4) is 0 Å². The Labute approximate surface area is 90.3 Å². The lowest BCUT2D eigenvalue weighted by Crippen LogP contribution is -2.04. The van der Waals surface area contributed by atoms with Crippen LogP contribution in [0.2, 0.25) is 0 Å². The lowest BCUT2D eigenvalue weighted by molar-refractivity contribution is 0.565. The van der Waals surface area contributed by atoms with Gasteiger partial charge in [0, 0.05) is 12.3 Å². The largest absolute Gasteiger partial charge is 0.248 e. The molecule has 0 aliphatic rings. The van der Waals surface area contributed by atoms with E-state index in [1.807, 2.05) is 6.20 Å². The fraction of sp³-hybridized carbons (Fsp3) is 0.625. The van der Waals surface area contributed by atoms with Gasteiger partial charge >= 0.3 is 0 Å². The van der Waals surface area contributed by atoms with Gasteiger partial charge in [-0.15, -0.1) is 22.9 Å². The molecular formula is C8H11BrClNS. The highest BCUT2D eigenvalue weighted by atomic mass is 79.9. The van der Waals surface area contributed by atoms with Crippen LogP contribution in [0.5, 0.6) is 0 Å². The van der Waals surface area contributed by atoms with Gasteiger partial charge in [-0.1, -0.05) is 13.3 Å². The predicted octanol–water partition coefficient (Wildman–Crippen LogP) is 3.71. The Morgan fingerprint density at radius 1 is 1.75 bits per heavy atom. The Bertz CT molecular complexity index is 235. The zero-order valence-electron chi connectivity index (χ0n) is 6.89. The molecule has 1 rings (SSSR count). The smallest absolute Gasteiger partial charge is 0.0939 e. The molecule has 12 heavy (non-hydrogen) atoms. The van der Waals surface area contributed by atoms with Crippen molar-refractivity contribution < 1.29 is 0 Å². The van der Waals surface area contributed by atoms with Gasteiger partial charge < -0.3 is 0 Å². The number of halogens is 2. The number of thiazole rings is 1. The molecule has 1 atom stereocenters. The van der Waals surface area contributed by atoms with Gasteiger partial charge in [-0.2, -0.15) is 0 Å². The SMILES string of the molecule is CCC(CCl)Cc1ncc(Br)s1. The third-order valence-corrected chi connectivity index (χ3v) is 3.72. The summed E-state index contributed by atoms with van der Waals surface area (Å²) in [6.07, 6.45) is 3.98. The van der Waals surface area contributed by atoms with Crippen LogP contribution in [-0.2, 0) is 6.42 Å². The Hall–Kier alpha value is 0.400. The second-order valence-corrected chi connectivity index (χ2v) is 5.49. The second-order valence-electron chi connectivity index (χ2n) is 2.69. The van der Waals surface area contributed by atoms with E-state index in [1.54, 1.807) is 11.3 Å². The van der Waals surface area contributed by atoms with Crippen LogP contribution in [0.4, 0.5) is 0 Å². The molecule has 1 heterocycles. The van der Waals surface area contributed by atoms with Gasteiger partial charge in [0.25, 0.3) is 0 Å². The molecule has 0 fully saturated rings. The first-order valence-electron chi connectivity index (χ1n) is 3.92. The molecule has 0 bridgehead atoms. The van der Waals surface area contributed by atoms with Gasteiger partial charge in [0.1, 0.15) is 0 Å². The van der Waals surface area contributed by atoms with Crippen LogP contribution in [0, 0.1) is 5.92 Å². The molecule has 0 spiro atoms. The van der Waals surface area contributed by atoms with E-state index in [2.05, 4.69) is 27.8 Å². The molecule has 0 aromatic carbocycles. The molecule has 68 valence electrons. The minimum atomic E-state index is 0.574. The van der Waals surface area contributed by atoms with Gasteiger partial charge in [-0.05, 0) is 21.8 Å². The minimum absolute atomic E-state index is 0.574. The fourth-order valence-corrected chi connectivity index (χ4v) is 2.68. The maximum Gasteiger partial charge on any atom is 0.0939 e. The van der Waals surface area contributed by atoms with E-state index < -0.39 is 0 Å². The van der Waals surface area contributed by atoms with Crippen molar-refractivity contribution >= 4 is 38.9 Å². The predicted molar refractivity (Wildman–Crippen MR) is 58.0 cm³/mol. The zero-order valence-corrected chi connectivity index (χ0v) is 10.0. The Morgan fingerprint density at radius 2 is 2.50 bits per heavy atom. The van der Waals surface area contributed by atoms with Gasteiger partial charge in [0.2, 0.25) is 0 Å². The summed E-state index contributed by atoms with van der Waals surface area (Å²) in [4.78, 5) is 4.26. The highest BCUT2D eigenvalue weighted by Crippen LogP contribution is 2.22. The van der Waals surface area contributed by atoms with Crippen molar-refractivity contribution in [2.45, 2.75) is 19.8 Å². The molecule has 1 nitrogen and oxygen atoms in total. The van der Waals surface area contributed by atoms with E-state index >= 15 is 0 Å². The Morgan fingerprint density at radius 3 is 2.92 bits per heavy atom. The van der Waals surface area contributed by atoms with E-state index in [-0.39, 0.29) is 0 Å². The summed E-state index contributed by atoms with van der Waals surface area (Å²) in [5.74, 6) is 1.30. The Balaban J connectivity index is 2.50. The molecule has 1 aromatic heterocycles. The van der Waals surface area contributed by atoms with Crippen LogP contribution in [0.25, 0.3) is 0 Å². The van der Waals surface area contributed by atoms with Crippen LogP contribution >= 0.6 is 38.9 Å². The van der Waals surface area contributed by atoms with Crippen LogP contribution in [0.1, 0.15) is 18.4 Å². The molecule has 0 saturated carbocycles. The van der Waals surface area contributed by atoms with Crippen LogP contribution < -0.4 is 0 Å². The summed E-state index contributed by atoms with van der Waals surface area (Å²) in [5, 5.41) is 1.18. The third-order valence-electron chi connectivity index (χ3n) is 1.78. The van der Waals surface area contributed by atoms with Gasteiger partial charge in [0.15, 0.2) is 0 Å². The summed E-state index contributed by atoms with van der Waals surface area (Å²) >= 11 is 10.9. The topological polar surface area (TPSA) is 12.9 Å². The summed E-state index contributed by atoms with van der Waals surface area (Å²) in [7, 11) is 0. The normalized spacial score (nSPS) is 13.2. The van der Waals surface area contributed by atoms with Crippen molar-refractivity contribution in [2.75, 3.05) is 5.88 Å². The molecule has 0 radical (unpaired) electrons. The summed E-state index contributed by atoms with van der Waals surface area (Å²) in [6.45, 7) is 2.16. The van der Waals surface area contributed by atoms with Gasteiger partial charge in [-0.3, -0.25) is 0 Å². The van der Waals surface area contributed by atoms with Crippen molar-refractivity contribution in [3.05, 3.63) is 15.0 Å². The first-order valence-corrected chi connectivity index (χ1v) is 6.06. The van der Waals surface area contributed by atoms with Gasteiger partial charge in [-0.25, -0.2) is 4.98 Å². The number of hydrogen-bond acceptors (Lipinski definition) is 2. The average Bonchev–Trinajstić information content (AvgIpc) is 2.47. The number of aromatic nitrogens is 1.